The summed E-state index contributed by atoms with van der Waals surface area (Å²) >= 11 is 0. The van der Waals surface area contributed by atoms with Gasteiger partial charge in [-0.05, 0) is 32.1 Å². The summed E-state index contributed by atoms with van der Waals surface area (Å²) in [6.45, 7) is 2.14. The zero-order valence-corrected chi connectivity index (χ0v) is 7.29. The standard InChI is InChI=1S/C10H18O/c1-2-3-4-5-6-7-8-9-10-11/h3-4,9-11H,2,5-8H2,1H3. The van der Waals surface area contributed by atoms with E-state index in [1.165, 1.54) is 19.3 Å². The largest absolute Gasteiger partial charge is 0.516 e. The minimum absolute atomic E-state index is 0.996. The molecule has 0 unspecified atom stereocenters. The van der Waals surface area contributed by atoms with E-state index in [1.54, 1.807) is 6.08 Å². The summed E-state index contributed by atoms with van der Waals surface area (Å²) in [6, 6.07) is 0. The van der Waals surface area contributed by atoms with E-state index in [2.05, 4.69) is 19.1 Å². The average molecular weight is 154 g/mol. The molecule has 1 N–H and O–H groups in total. The van der Waals surface area contributed by atoms with Crippen LogP contribution < -0.4 is 0 Å². The van der Waals surface area contributed by atoms with E-state index in [0.717, 1.165) is 19.1 Å². The van der Waals surface area contributed by atoms with Crippen LogP contribution in [-0.4, -0.2) is 5.11 Å². The van der Waals surface area contributed by atoms with Crippen molar-refractivity contribution in [1.29, 1.82) is 0 Å². The summed E-state index contributed by atoms with van der Waals surface area (Å²) in [6.07, 6.45) is 13.0. The van der Waals surface area contributed by atoms with Crippen LogP contribution in [0.4, 0.5) is 0 Å². The second kappa shape index (κ2) is 9.28. The van der Waals surface area contributed by atoms with Crippen molar-refractivity contribution < 1.29 is 5.11 Å². The SMILES string of the molecule is CCC=CCCCCC=CO. The molecule has 0 aromatic carbocycles. The van der Waals surface area contributed by atoms with Crippen LogP contribution in [0.25, 0.3) is 0 Å². The fourth-order valence-corrected chi connectivity index (χ4v) is 0.883. The van der Waals surface area contributed by atoms with Crippen LogP contribution in [0.3, 0.4) is 0 Å². The molecule has 0 rings (SSSR count). The second-order valence-electron chi connectivity index (χ2n) is 2.55. The highest BCUT2D eigenvalue weighted by Crippen LogP contribution is 2.01. The van der Waals surface area contributed by atoms with E-state index in [-0.39, 0.29) is 0 Å². The van der Waals surface area contributed by atoms with Crippen molar-refractivity contribution in [2.45, 2.75) is 39.0 Å². The van der Waals surface area contributed by atoms with Crippen molar-refractivity contribution in [1.82, 2.24) is 0 Å². The maximum Gasteiger partial charge on any atom is 0.0751 e. The molecule has 0 aliphatic heterocycles. The van der Waals surface area contributed by atoms with Gasteiger partial charge in [-0.2, -0.15) is 0 Å². The van der Waals surface area contributed by atoms with Crippen LogP contribution in [-0.2, 0) is 0 Å². The third-order valence-electron chi connectivity index (χ3n) is 1.50. The van der Waals surface area contributed by atoms with E-state index in [0.29, 0.717) is 0 Å². The number of hydrogen-bond acceptors (Lipinski definition) is 1. The van der Waals surface area contributed by atoms with Gasteiger partial charge in [0.1, 0.15) is 0 Å². The zero-order chi connectivity index (χ0) is 8.36. The fraction of sp³-hybridized carbons (Fsp3) is 0.600. The van der Waals surface area contributed by atoms with Crippen LogP contribution >= 0.6 is 0 Å². The molecule has 0 amide bonds. The predicted octanol–water partition coefficient (Wildman–Crippen LogP) is 3.58. The molecule has 0 aliphatic rings. The molecule has 64 valence electrons. The Morgan fingerprint density at radius 1 is 1.00 bits per heavy atom. The van der Waals surface area contributed by atoms with Crippen LogP contribution in [0.2, 0.25) is 0 Å². The molecule has 0 aliphatic carbocycles. The molecule has 11 heavy (non-hydrogen) atoms. The Bertz CT molecular complexity index is 114. The highest BCUT2D eigenvalue weighted by atomic mass is 16.2. The Labute approximate surface area is 69.4 Å². The van der Waals surface area contributed by atoms with Crippen LogP contribution in [0.1, 0.15) is 39.0 Å². The lowest BCUT2D eigenvalue weighted by Crippen LogP contribution is -1.72. The van der Waals surface area contributed by atoms with Crippen LogP contribution in [0.5, 0.6) is 0 Å². The maximum atomic E-state index is 8.31. The molecule has 1 heteroatoms. The van der Waals surface area contributed by atoms with E-state index in [1.807, 2.05) is 0 Å². The van der Waals surface area contributed by atoms with Gasteiger partial charge in [-0.1, -0.05) is 25.2 Å². The molecule has 0 spiro atoms. The van der Waals surface area contributed by atoms with Crippen molar-refractivity contribution >= 4 is 0 Å². The summed E-state index contributed by atoms with van der Waals surface area (Å²) in [5.74, 6) is 0. The topological polar surface area (TPSA) is 20.2 Å². The molecule has 0 aromatic heterocycles. The van der Waals surface area contributed by atoms with Crippen molar-refractivity contribution in [3.05, 3.63) is 24.5 Å². The van der Waals surface area contributed by atoms with Crippen molar-refractivity contribution in [3.63, 3.8) is 0 Å². The summed E-state index contributed by atoms with van der Waals surface area (Å²) in [7, 11) is 0. The van der Waals surface area contributed by atoms with Gasteiger partial charge in [0.2, 0.25) is 0 Å². The summed E-state index contributed by atoms with van der Waals surface area (Å²) in [5.41, 5.74) is 0. The summed E-state index contributed by atoms with van der Waals surface area (Å²) in [4.78, 5) is 0. The predicted molar refractivity (Wildman–Crippen MR) is 49.7 cm³/mol. The van der Waals surface area contributed by atoms with E-state index >= 15 is 0 Å². The van der Waals surface area contributed by atoms with Gasteiger partial charge in [0, 0.05) is 0 Å². The molecule has 0 saturated heterocycles. The molecule has 0 atom stereocenters. The fourth-order valence-electron chi connectivity index (χ4n) is 0.883. The average Bonchev–Trinajstić information content (AvgIpc) is 2.03. The van der Waals surface area contributed by atoms with Gasteiger partial charge in [0.15, 0.2) is 0 Å². The first-order valence-corrected chi connectivity index (χ1v) is 4.36. The maximum absolute atomic E-state index is 8.31. The minimum Gasteiger partial charge on any atom is -0.516 e. The number of hydrogen-bond donors (Lipinski definition) is 1. The Kier molecular flexibility index (Phi) is 8.67. The molecule has 1 nitrogen and oxygen atoms in total. The second-order valence-corrected chi connectivity index (χ2v) is 2.55. The van der Waals surface area contributed by atoms with Gasteiger partial charge in [0.05, 0.1) is 6.26 Å². The number of allylic oxidation sites excluding steroid dienone is 3. The molecule has 0 heterocycles. The summed E-state index contributed by atoms with van der Waals surface area (Å²) < 4.78 is 0. The zero-order valence-electron chi connectivity index (χ0n) is 7.29. The van der Waals surface area contributed by atoms with Crippen molar-refractivity contribution in [2.24, 2.45) is 0 Å². The molecule has 0 radical (unpaired) electrons. The number of aliphatic hydroxyl groups is 1. The quantitative estimate of drug-likeness (QED) is 0.352. The molecular formula is C10H18O. The number of unbranched alkanes of at least 4 members (excludes halogenated alkanes) is 3. The van der Waals surface area contributed by atoms with Crippen LogP contribution in [0.15, 0.2) is 24.5 Å². The Morgan fingerprint density at radius 2 is 1.64 bits per heavy atom. The van der Waals surface area contributed by atoms with E-state index < -0.39 is 0 Å². The Balaban J connectivity index is 2.96. The highest BCUT2D eigenvalue weighted by Gasteiger charge is 1.82. The monoisotopic (exact) mass is 154 g/mol. The minimum atomic E-state index is 0.996. The van der Waals surface area contributed by atoms with Gasteiger partial charge in [-0.3, -0.25) is 0 Å². The molecule has 0 bridgehead atoms. The molecule has 0 fully saturated rings. The Hall–Kier alpha value is -0.720. The van der Waals surface area contributed by atoms with Crippen molar-refractivity contribution in [3.8, 4) is 0 Å². The van der Waals surface area contributed by atoms with Gasteiger partial charge >= 0.3 is 0 Å². The molecule has 0 saturated carbocycles. The summed E-state index contributed by atoms with van der Waals surface area (Å²) in [5, 5.41) is 8.31. The van der Waals surface area contributed by atoms with E-state index in [9.17, 15) is 0 Å². The van der Waals surface area contributed by atoms with Gasteiger partial charge in [-0.25, -0.2) is 0 Å². The lowest BCUT2D eigenvalue weighted by atomic mass is 10.2. The molecule has 0 aromatic rings. The smallest absolute Gasteiger partial charge is 0.0751 e. The third-order valence-corrected chi connectivity index (χ3v) is 1.50. The van der Waals surface area contributed by atoms with Crippen molar-refractivity contribution in [2.75, 3.05) is 0 Å². The lowest BCUT2D eigenvalue weighted by Gasteiger charge is -1.91. The van der Waals surface area contributed by atoms with E-state index in [4.69, 9.17) is 5.11 Å². The molecular weight excluding hydrogens is 136 g/mol. The first-order chi connectivity index (χ1) is 5.41. The Morgan fingerprint density at radius 3 is 2.18 bits per heavy atom. The lowest BCUT2D eigenvalue weighted by molar-refractivity contribution is 0.470. The highest BCUT2D eigenvalue weighted by molar-refractivity contribution is 4.80. The van der Waals surface area contributed by atoms with Gasteiger partial charge < -0.3 is 5.11 Å². The number of aliphatic hydroxyl groups excluding tert-OH is 1. The normalized spacial score (nSPS) is 11.7. The van der Waals surface area contributed by atoms with Crippen LogP contribution in [0, 0.1) is 0 Å². The third kappa shape index (κ3) is 9.28. The van der Waals surface area contributed by atoms with Gasteiger partial charge in [0.25, 0.3) is 0 Å². The van der Waals surface area contributed by atoms with Gasteiger partial charge in [-0.15, -0.1) is 0 Å². The number of rotatable bonds is 6. The first kappa shape index (κ1) is 10.3. The first-order valence-electron chi connectivity index (χ1n) is 4.36.